The summed E-state index contributed by atoms with van der Waals surface area (Å²) in [5, 5.41) is 2.67. The van der Waals surface area contributed by atoms with E-state index in [-0.39, 0.29) is 18.4 Å². The minimum Gasteiger partial charge on any atom is -0.326 e. The molecule has 122 valence electrons. The van der Waals surface area contributed by atoms with Crippen molar-refractivity contribution in [1.82, 2.24) is 10.2 Å². The summed E-state index contributed by atoms with van der Waals surface area (Å²) in [5.41, 5.74) is 2.00. The Morgan fingerprint density at radius 2 is 2.04 bits per heavy atom. The van der Waals surface area contributed by atoms with Crippen molar-refractivity contribution < 1.29 is 14.4 Å². The molecule has 0 aromatic heterocycles. The van der Waals surface area contributed by atoms with Crippen molar-refractivity contribution in [3.05, 3.63) is 29.8 Å². The van der Waals surface area contributed by atoms with Crippen LogP contribution in [0.2, 0.25) is 0 Å². The van der Waals surface area contributed by atoms with Crippen LogP contribution >= 0.6 is 0 Å². The highest BCUT2D eigenvalue weighted by Crippen LogP contribution is 2.27. The van der Waals surface area contributed by atoms with Gasteiger partial charge in [0.1, 0.15) is 12.6 Å². The Hall–Kier alpha value is -2.37. The van der Waals surface area contributed by atoms with Crippen molar-refractivity contribution in [3.8, 4) is 0 Å². The van der Waals surface area contributed by atoms with E-state index in [9.17, 15) is 14.4 Å². The fraction of sp³-hybridized carbons (Fsp3) is 0.471. The lowest BCUT2D eigenvalue weighted by Crippen LogP contribution is -2.43. The number of fused-ring (bicyclic) bond motifs is 1. The monoisotopic (exact) mass is 315 g/mol. The molecule has 6 heteroatoms. The second-order valence-corrected chi connectivity index (χ2v) is 6.48. The van der Waals surface area contributed by atoms with E-state index in [4.69, 9.17) is 0 Å². The smallest absolute Gasteiger partial charge is 0.325 e. The van der Waals surface area contributed by atoms with Gasteiger partial charge in [-0.2, -0.15) is 0 Å². The van der Waals surface area contributed by atoms with Crippen molar-refractivity contribution in [3.63, 3.8) is 0 Å². The molecule has 2 aliphatic rings. The summed E-state index contributed by atoms with van der Waals surface area (Å²) in [4.78, 5) is 39.5. The number of carbonyl (C=O) groups excluding carboxylic acids is 3. The van der Waals surface area contributed by atoms with Gasteiger partial charge in [0, 0.05) is 12.2 Å². The first-order valence-corrected chi connectivity index (χ1v) is 7.97. The van der Waals surface area contributed by atoms with Crippen molar-refractivity contribution in [1.29, 1.82) is 0 Å². The molecule has 6 nitrogen and oxygen atoms in total. The summed E-state index contributed by atoms with van der Waals surface area (Å²) < 4.78 is 0. The van der Waals surface area contributed by atoms with Crippen LogP contribution in [0.4, 0.5) is 10.5 Å². The first kappa shape index (κ1) is 15.5. The quantitative estimate of drug-likeness (QED) is 0.857. The number of benzene rings is 1. The molecular weight excluding hydrogens is 294 g/mol. The zero-order chi connectivity index (χ0) is 16.6. The van der Waals surface area contributed by atoms with Crippen molar-refractivity contribution in [2.24, 2.45) is 5.92 Å². The molecule has 1 N–H and O–H groups in total. The van der Waals surface area contributed by atoms with Crippen LogP contribution < -0.4 is 10.2 Å². The van der Waals surface area contributed by atoms with Gasteiger partial charge in [-0.05, 0) is 30.4 Å². The van der Waals surface area contributed by atoms with Gasteiger partial charge in [-0.25, -0.2) is 4.79 Å². The summed E-state index contributed by atoms with van der Waals surface area (Å²) in [5.74, 6) is -0.224. The Kier molecular flexibility index (Phi) is 4.07. The average Bonchev–Trinajstić information content (AvgIpc) is 3.04. The number of urea groups is 1. The highest BCUT2D eigenvalue weighted by atomic mass is 16.2. The Morgan fingerprint density at radius 1 is 1.30 bits per heavy atom. The van der Waals surface area contributed by atoms with E-state index in [0.717, 1.165) is 22.6 Å². The third kappa shape index (κ3) is 2.93. The molecule has 0 radical (unpaired) electrons. The standard InChI is InChI=1S/C17H21N3O3/c1-11(2)9-13-16(22)20(17(23)18-13)10-15(21)19-8-7-12-5-3-4-6-14(12)19/h3-6,11,13H,7-10H2,1-2H3,(H,18,23)/t13-/m1/s1. The Bertz CT molecular complexity index is 656. The maximum Gasteiger partial charge on any atom is 0.325 e. The van der Waals surface area contributed by atoms with Gasteiger partial charge in [0.25, 0.3) is 5.91 Å². The van der Waals surface area contributed by atoms with E-state index in [0.29, 0.717) is 18.9 Å². The fourth-order valence-corrected chi connectivity index (χ4v) is 3.18. The summed E-state index contributed by atoms with van der Waals surface area (Å²) in [6.07, 6.45) is 1.39. The summed E-state index contributed by atoms with van der Waals surface area (Å²) >= 11 is 0. The van der Waals surface area contributed by atoms with E-state index in [1.165, 1.54) is 0 Å². The molecule has 0 aliphatic carbocycles. The number of carbonyl (C=O) groups is 3. The van der Waals surface area contributed by atoms with Gasteiger partial charge >= 0.3 is 6.03 Å². The van der Waals surface area contributed by atoms with Crippen molar-refractivity contribution in [2.45, 2.75) is 32.7 Å². The lowest BCUT2D eigenvalue weighted by Gasteiger charge is -2.20. The highest BCUT2D eigenvalue weighted by Gasteiger charge is 2.40. The molecule has 2 aliphatic heterocycles. The summed E-state index contributed by atoms with van der Waals surface area (Å²) in [6.45, 7) is 4.38. The molecule has 4 amide bonds. The number of nitrogens with zero attached hydrogens (tertiary/aromatic N) is 2. The lowest BCUT2D eigenvalue weighted by atomic mass is 10.0. The van der Waals surface area contributed by atoms with Gasteiger partial charge in [-0.3, -0.25) is 14.5 Å². The molecule has 2 heterocycles. The number of imide groups is 1. The van der Waals surface area contributed by atoms with E-state index in [1.54, 1.807) is 4.90 Å². The largest absolute Gasteiger partial charge is 0.326 e. The zero-order valence-electron chi connectivity index (χ0n) is 13.4. The van der Waals surface area contributed by atoms with Crippen LogP contribution in [0, 0.1) is 5.92 Å². The van der Waals surface area contributed by atoms with Crippen molar-refractivity contribution >= 4 is 23.5 Å². The first-order chi connectivity index (χ1) is 11.0. The SMILES string of the molecule is CC(C)C[C@H]1NC(=O)N(CC(=O)N2CCc3ccccc32)C1=O. The van der Waals surface area contributed by atoms with Gasteiger partial charge in [0.15, 0.2) is 0 Å². The third-order valence-corrected chi connectivity index (χ3v) is 4.30. The molecule has 1 aromatic rings. The summed E-state index contributed by atoms with van der Waals surface area (Å²) in [6, 6.07) is 6.74. The normalized spacial score (nSPS) is 20.2. The van der Waals surface area contributed by atoms with Crippen LogP contribution in [-0.4, -0.2) is 41.9 Å². The lowest BCUT2D eigenvalue weighted by molar-refractivity contribution is -0.131. The second-order valence-electron chi connectivity index (χ2n) is 6.48. The molecule has 0 bridgehead atoms. The second kappa shape index (κ2) is 6.02. The average molecular weight is 315 g/mol. The first-order valence-electron chi connectivity index (χ1n) is 7.97. The van der Waals surface area contributed by atoms with E-state index >= 15 is 0 Å². The number of hydrogen-bond donors (Lipinski definition) is 1. The van der Waals surface area contributed by atoms with Gasteiger partial charge in [0.2, 0.25) is 5.91 Å². The number of hydrogen-bond acceptors (Lipinski definition) is 3. The molecular formula is C17H21N3O3. The van der Waals surface area contributed by atoms with Crippen LogP contribution in [-0.2, 0) is 16.0 Å². The molecule has 3 rings (SSSR count). The van der Waals surface area contributed by atoms with Crippen molar-refractivity contribution in [2.75, 3.05) is 18.0 Å². The van der Waals surface area contributed by atoms with Gasteiger partial charge in [-0.15, -0.1) is 0 Å². The van der Waals surface area contributed by atoms with Crippen LogP contribution in [0.5, 0.6) is 0 Å². The van der Waals surface area contributed by atoms with Crippen LogP contribution in [0.1, 0.15) is 25.8 Å². The van der Waals surface area contributed by atoms with E-state index < -0.39 is 12.1 Å². The predicted molar refractivity (Wildman–Crippen MR) is 86.0 cm³/mol. The Balaban J connectivity index is 1.69. The van der Waals surface area contributed by atoms with E-state index in [2.05, 4.69) is 5.32 Å². The number of amides is 4. The number of para-hydroxylation sites is 1. The molecule has 0 spiro atoms. The highest BCUT2D eigenvalue weighted by molar-refractivity contribution is 6.08. The zero-order valence-corrected chi connectivity index (χ0v) is 13.4. The molecule has 0 unspecified atom stereocenters. The minimum atomic E-state index is -0.513. The molecule has 1 fully saturated rings. The molecule has 1 saturated heterocycles. The number of anilines is 1. The molecule has 1 atom stereocenters. The van der Waals surface area contributed by atoms with Gasteiger partial charge < -0.3 is 10.2 Å². The summed E-state index contributed by atoms with van der Waals surface area (Å²) in [7, 11) is 0. The molecule has 1 aromatic carbocycles. The Morgan fingerprint density at radius 3 is 2.78 bits per heavy atom. The number of nitrogens with one attached hydrogen (secondary N) is 1. The predicted octanol–water partition coefficient (Wildman–Crippen LogP) is 1.54. The molecule has 23 heavy (non-hydrogen) atoms. The third-order valence-electron chi connectivity index (χ3n) is 4.30. The number of rotatable bonds is 4. The topological polar surface area (TPSA) is 69.7 Å². The van der Waals surface area contributed by atoms with Crippen LogP contribution in [0.25, 0.3) is 0 Å². The van der Waals surface area contributed by atoms with Gasteiger partial charge in [-0.1, -0.05) is 32.0 Å². The van der Waals surface area contributed by atoms with E-state index in [1.807, 2.05) is 38.1 Å². The van der Waals surface area contributed by atoms with Crippen LogP contribution in [0.3, 0.4) is 0 Å². The Labute approximate surface area is 135 Å². The molecule has 0 saturated carbocycles. The van der Waals surface area contributed by atoms with Gasteiger partial charge in [0.05, 0.1) is 0 Å². The minimum absolute atomic E-state index is 0.201. The maximum absolute atomic E-state index is 12.5. The van der Waals surface area contributed by atoms with Crippen LogP contribution in [0.15, 0.2) is 24.3 Å². The maximum atomic E-state index is 12.5. The fourth-order valence-electron chi connectivity index (χ4n) is 3.18.